The lowest BCUT2D eigenvalue weighted by Crippen LogP contribution is -2.14. The highest BCUT2D eigenvalue weighted by Gasteiger charge is 2.19. The average molecular weight is 342 g/mol. The van der Waals surface area contributed by atoms with Gasteiger partial charge in [0.2, 0.25) is 0 Å². The first-order valence-electron chi connectivity index (χ1n) is 6.41. The second kappa shape index (κ2) is 6.73. The second-order valence-electron chi connectivity index (χ2n) is 4.45. The highest BCUT2D eigenvalue weighted by molar-refractivity contribution is 7.99. The zero-order valence-electron chi connectivity index (χ0n) is 11.8. The minimum atomic E-state index is -3.65. The van der Waals surface area contributed by atoms with Gasteiger partial charge in [0.1, 0.15) is 4.90 Å². The van der Waals surface area contributed by atoms with E-state index in [-0.39, 0.29) is 4.90 Å². The van der Waals surface area contributed by atoms with Gasteiger partial charge in [-0.25, -0.2) is 8.42 Å². The molecule has 0 unspecified atom stereocenters. The van der Waals surface area contributed by atoms with Gasteiger partial charge >= 0.3 is 0 Å². The average Bonchev–Trinajstić information content (AvgIpc) is 2.47. The lowest BCUT2D eigenvalue weighted by molar-refractivity contribution is 0.599. The third-order valence-electron chi connectivity index (χ3n) is 3.03. The number of aryl methyl sites for hydroxylation is 1. The molecular formula is C15H16ClNO2S2. The number of rotatable bonds is 5. The van der Waals surface area contributed by atoms with Crippen molar-refractivity contribution in [1.29, 1.82) is 0 Å². The van der Waals surface area contributed by atoms with Crippen molar-refractivity contribution in [2.45, 2.75) is 23.1 Å². The van der Waals surface area contributed by atoms with Crippen molar-refractivity contribution < 1.29 is 8.42 Å². The summed E-state index contributed by atoms with van der Waals surface area (Å²) in [4.78, 5) is 0.860. The van der Waals surface area contributed by atoms with E-state index in [0.717, 1.165) is 12.0 Å². The maximum atomic E-state index is 12.5. The Balaban J connectivity index is 2.35. The minimum absolute atomic E-state index is 0.196. The van der Waals surface area contributed by atoms with Crippen LogP contribution in [0.15, 0.2) is 52.3 Å². The van der Waals surface area contributed by atoms with Gasteiger partial charge in [-0.05, 0) is 48.6 Å². The molecule has 0 aromatic heterocycles. The molecule has 0 amide bonds. The predicted molar refractivity (Wildman–Crippen MR) is 89.9 cm³/mol. The maximum absolute atomic E-state index is 12.5. The van der Waals surface area contributed by atoms with E-state index in [1.54, 1.807) is 24.3 Å². The smallest absolute Gasteiger partial charge is 0.263 e. The highest BCUT2D eigenvalue weighted by atomic mass is 35.5. The van der Waals surface area contributed by atoms with Crippen LogP contribution in [0, 0.1) is 0 Å². The van der Waals surface area contributed by atoms with Gasteiger partial charge in [-0.3, -0.25) is 4.72 Å². The summed E-state index contributed by atoms with van der Waals surface area (Å²) in [5, 5.41) is 0.398. The van der Waals surface area contributed by atoms with Crippen molar-refractivity contribution >= 4 is 39.1 Å². The van der Waals surface area contributed by atoms with E-state index in [1.165, 1.54) is 17.8 Å². The van der Waals surface area contributed by atoms with Crippen LogP contribution in [0.4, 0.5) is 5.69 Å². The number of hydrogen-bond donors (Lipinski definition) is 1. The molecule has 0 saturated carbocycles. The molecule has 0 aliphatic rings. The van der Waals surface area contributed by atoms with E-state index < -0.39 is 10.0 Å². The molecule has 0 heterocycles. The van der Waals surface area contributed by atoms with Gasteiger partial charge in [0.25, 0.3) is 10.0 Å². The van der Waals surface area contributed by atoms with Crippen molar-refractivity contribution in [3.05, 3.63) is 53.1 Å². The van der Waals surface area contributed by atoms with E-state index >= 15 is 0 Å². The van der Waals surface area contributed by atoms with Crippen molar-refractivity contribution in [2.75, 3.05) is 11.0 Å². The molecule has 3 nitrogen and oxygen atoms in total. The first-order valence-corrected chi connectivity index (χ1v) is 9.50. The van der Waals surface area contributed by atoms with Crippen molar-refractivity contribution in [2.24, 2.45) is 0 Å². The number of nitrogens with one attached hydrogen (secondary N) is 1. The van der Waals surface area contributed by atoms with Crippen LogP contribution < -0.4 is 4.72 Å². The molecule has 0 saturated heterocycles. The number of hydrogen-bond acceptors (Lipinski definition) is 3. The lowest BCUT2D eigenvalue weighted by Gasteiger charge is -2.12. The molecule has 2 aromatic rings. The lowest BCUT2D eigenvalue weighted by atomic mass is 10.2. The molecule has 0 aliphatic heterocycles. The van der Waals surface area contributed by atoms with Gasteiger partial charge in [-0.1, -0.05) is 30.7 Å². The Kier molecular flexibility index (Phi) is 5.19. The number of anilines is 1. The van der Waals surface area contributed by atoms with Crippen molar-refractivity contribution in [3.63, 3.8) is 0 Å². The van der Waals surface area contributed by atoms with Gasteiger partial charge in [0.15, 0.2) is 0 Å². The predicted octanol–water partition coefficient (Wildman–Crippen LogP) is 4.43. The number of sulfonamides is 1. The summed E-state index contributed by atoms with van der Waals surface area (Å²) in [5.41, 5.74) is 1.70. The fraction of sp³-hybridized carbons (Fsp3) is 0.200. The van der Waals surface area contributed by atoms with E-state index in [1.807, 2.05) is 18.4 Å². The molecular weight excluding hydrogens is 326 g/mol. The van der Waals surface area contributed by atoms with Gasteiger partial charge in [0, 0.05) is 15.6 Å². The van der Waals surface area contributed by atoms with Gasteiger partial charge < -0.3 is 0 Å². The number of benzene rings is 2. The molecule has 0 bridgehead atoms. The Bertz CT molecular complexity index is 728. The minimum Gasteiger partial charge on any atom is -0.280 e. The van der Waals surface area contributed by atoms with Gasteiger partial charge in [0.05, 0.1) is 0 Å². The number of thioether (sulfide) groups is 1. The van der Waals surface area contributed by atoms with Crippen LogP contribution in [0.2, 0.25) is 5.02 Å². The monoisotopic (exact) mass is 341 g/mol. The SMILES string of the molecule is CCc1ccc(NS(=O)(=O)c2cc(Cl)ccc2SC)cc1. The van der Waals surface area contributed by atoms with Crippen LogP contribution in [0.1, 0.15) is 12.5 Å². The molecule has 1 N–H and O–H groups in total. The zero-order chi connectivity index (χ0) is 15.5. The Morgan fingerprint density at radius 2 is 1.81 bits per heavy atom. The van der Waals surface area contributed by atoms with Crippen LogP contribution >= 0.6 is 23.4 Å². The molecule has 112 valence electrons. The summed E-state index contributed by atoms with van der Waals surface area (Å²) >= 11 is 7.29. The van der Waals surface area contributed by atoms with E-state index in [0.29, 0.717) is 15.6 Å². The van der Waals surface area contributed by atoms with E-state index in [9.17, 15) is 8.42 Å². The quantitative estimate of drug-likeness (QED) is 0.818. The standard InChI is InChI=1S/C15H16ClNO2S2/c1-3-11-4-7-13(8-5-11)17-21(18,19)15-10-12(16)6-9-14(15)20-2/h4-10,17H,3H2,1-2H3. The molecule has 0 spiro atoms. The van der Waals surface area contributed by atoms with Gasteiger partial charge in [-0.2, -0.15) is 0 Å². The van der Waals surface area contributed by atoms with Crippen LogP contribution in [0.5, 0.6) is 0 Å². The molecule has 0 radical (unpaired) electrons. The molecule has 0 atom stereocenters. The fourth-order valence-corrected chi connectivity index (χ4v) is 4.33. The van der Waals surface area contributed by atoms with E-state index in [4.69, 9.17) is 11.6 Å². The molecule has 2 rings (SSSR count). The summed E-state index contributed by atoms with van der Waals surface area (Å²) in [7, 11) is -3.65. The Hall–Kier alpha value is -1.17. The topological polar surface area (TPSA) is 46.2 Å². The van der Waals surface area contributed by atoms with Crippen LogP contribution in [0.3, 0.4) is 0 Å². The largest absolute Gasteiger partial charge is 0.280 e. The maximum Gasteiger partial charge on any atom is 0.263 e. The van der Waals surface area contributed by atoms with Crippen LogP contribution in [-0.2, 0) is 16.4 Å². The van der Waals surface area contributed by atoms with Gasteiger partial charge in [-0.15, -0.1) is 11.8 Å². The summed E-state index contributed by atoms with van der Waals surface area (Å²) in [6.07, 6.45) is 2.75. The number of halogens is 1. The molecule has 0 aliphatic carbocycles. The summed E-state index contributed by atoms with van der Waals surface area (Å²) < 4.78 is 27.6. The first kappa shape index (κ1) is 16.2. The Labute approximate surface area is 134 Å². The van der Waals surface area contributed by atoms with Crippen LogP contribution in [0.25, 0.3) is 0 Å². The Morgan fingerprint density at radius 3 is 2.38 bits per heavy atom. The molecule has 21 heavy (non-hydrogen) atoms. The zero-order valence-corrected chi connectivity index (χ0v) is 14.1. The first-order chi connectivity index (χ1) is 9.96. The van der Waals surface area contributed by atoms with Crippen molar-refractivity contribution in [1.82, 2.24) is 0 Å². The van der Waals surface area contributed by atoms with E-state index in [2.05, 4.69) is 11.6 Å². The highest BCUT2D eigenvalue weighted by Crippen LogP contribution is 2.29. The normalized spacial score (nSPS) is 11.4. The summed E-state index contributed by atoms with van der Waals surface area (Å²) in [6, 6.07) is 12.2. The van der Waals surface area contributed by atoms with Crippen molar-refractivity contribution in [3.8, 4) is 0 Å². The summed E-state index contributed by atoms with van der Waals surface area (Å²) in [5.74, 6) is 0. The summed E-state index contributed by atoms with van der Waals surface area (Å²) in [6.45, 7) is 2.05. The molecule has 2 aromatic carbocycles. The van der Waals surface area contributed by atoms with Crippen LogP contribution in [-0.4, -0.2) is 14.7 Å². The second-order valence-corrected chi connectivity index (χ2v) is 7.39. The Morgan fingerprint density at radius 1 is 1.14 bits per heavy atom. The third-order valence-corrected chi connectivity index (χ3v) is 5.61. The third kappa shape index (κ3) is 3.93. The fourth-order valence-electron chi connectivity index (χ4n) is 1.88. The molecule has 0 fully saturated rings. The molecule has 6 heteroatoms.